The number of Topliss-reactive ketones (excluding diaryl/α,β-unsaturated/α-hetero) is 1. The molecule has 1 aromatic heterocycles. The van der Waals surface area contributed by atoms with E-state index in [-0.39, 0.29) is 17.0 Å². The van der Waals surface area contributed by atoms with Gasteiger partial charge in [0.2, 0.25) is 11.1 Å². The highest BCUT2D eigenvalue weighted by atomic mass is 32.2. The van der Waals surface area contributed by atoms with Gasteiger partial charge in [0.05, 0.1) is 14.2 Å². The van der Waals surface area contributed by atoms with E-state index in [9.17, 15) is 9.18 Å². The Balaban J connectivity index is 1.55. The van der Waals surface area contributed by atoms with Crippen molar-refractivity contribution < 1.29 is 18.7 Å². The molecule has 2 heterocycles. The second-order valence-corrected chi connectivity index (χ2v) is 10.5. The summed E-state index contributed by atoms with van der Waals surface area (Å²) in [5.41, 5.74) is 3.14. The number of ether oxygens (including phenoxy) is 2. The zero-order valence-corrected chi connectivity index (χ0v) is 20.9. The third-order valence-electron chi connectivity index (χ3n) is 6.29. The fraction of sp³-hybridized carbons (Fsp3) is 0.346. The van der Waals surface area contributed by atoms with Crippen LogP contribution in [0.25, 0.3) is 0 Å². The quantitative estimate of drug-likeness (QED) is 0.461. The Hall–Kier alpha value is -3.33. The van der Waals surface area contributed by atoms with Gasteiger partial charge in [-0.3, -0.25) is 4.79 Å². The van der Waals surface area contributed by atoms with Crippen molar-refractivity contribution in [3.63, 3.8) is 0 Å². The second kappa shape index (κ2) is 9.03. The summed E-state index contributed by atoms with van der Waals surface area (Å²) in [6.07, 6.45) is 1.19. The van der Waals surface area contributed by atoms with Gasteiger partial charge >= 0.3 is 0 Å². The number of methoxy groups -OCH3 is 2. The summed E-state index contributed by atoms with van der Waals surface area (Å²) >= 11 is 1.42. The van der Waals surface area contributed by atoms with Gasteiger partial charge in [0.15, 0.2) is 17.3 Å². The molecule has 182 valence electrons. The highest BCUT2D eigenvalue weighted by Gasteiger charge is 2.42. The van der Waals surface area contributed by atoms with Crippen molar-refractivity contribution >= 4 is 23.5 Å². The van der Waals surface area contributed by atoms with E-state index < -0.39 is 6.04 Å². The predicted molar refractivity (Wildman–Crippen MR) is 132 cm³/mol. The molecule has 0 radical (unpaired) electrons. The number of carbonyl (C=O) groups excluding carboxylic acids is 1. The Kier molecular flexibility index (Phi) is 6.04. The van der Waals surface area contributed by atoms with Crippen molar-refractivity contribution in [3.05, 3.63) is 70.7 Å². The van der Waals surface area contributed by atoms with Crippen LogP contribution in [0.5, 0.6) is 11.5 Å². The van der Waals surface area contributed by atoms with Crippen LogP contribution in [0.4, 0.5) is 10.3 Å². The number of anilines is 1. The van der Waals surface area contributed by atoms with Crippen LogP contribution in [0, 0.1) is 11.2 Å². The fourth-order valence-electron chi connectivity index (χ4n) is 4.76. The topological polar surface area (TPSA) is 78.3 Å². The van der Waals surface area contributed by atoms with Gasteiger partial charge in [-0.15, -0.1) is 5.10 Å². The molecule has 2 aliphatic rings. The molecule has 0 spiro atoms. The molecule has 5 rings (SSSR count). The molecular formula is C26H27FN4O3S. The molecule has 0 amide bonds. The van der Waals surface area contributed by atoms with E-state index in [0.29, 0.717) is 40.4 Å². The number of benzene rings is 2. The molecule has 1 aliphatic heterocycles. The first-order valence-electron chi connectivity index (χ1n) is 11.4. The number of carbonyl (C=O) groups is 1. The summed E-state index contributed by atoms with van der Waals surface area (Å²) in [6.45, 7) is 4.20. The first-order chi connectivity index (χ1) is 16.8. The van der Waals surface area contributed by atoms with E-state index >= 15 is 0 Å². The third kappa shape index (κ3) is 4.52. The first kappa shape index (κ1) is 23.4. The number of halogens is 1. The Bertz CT molecular complexity index is 1330. The standard InChI is InChI=1S/C26H27FN4O3S/c1-26(2)12-18-22(19(32)13-26)23(16-8-9-20(33-3)21(11-16)34-4)31-24(28-18)29-25(30-31)35-14-15-6-5-7-17(27)10-15/h5-11,23H,12-14H2,1-4H3,(H,28,29,30). The Morgan fingerprint density at radius 2 is 1.94 bits per heavy atom. The number of rotatable bonds is 6. The van der Waals surface area contributed by atoms with Crippen LogP contribution in [0.2, 0.25) is 0 Å². The number of nitrogens with one attached hydrogen (secondary N) is 1. The average Bonchev–Trinajstić information content (AvgIpc) is 3.22. The van der Waals surface area contributed by atoms with Gasteiger partial charge in [0.25, 0.3) is 0 Å². The van der Waals surface area contributed by atoms with Gasteiger partial charge in [-0.1, -0.05) is 43.8 Å². The van der Waals surface area contributed by atoms with Crippen LogP contribution in [0.1, 0.15) is 43.9 Å². The molecule has 35 heavy (non-hydrogen) atoms. The third-order valence-corrected chi connectivity index (χ3v) is 7.20. The monoisotopic (exact) mass is 494 g/mol. The number of hydrogen-bond acceptors (Lipinski definition) is 7. The summed E-state index contributed by atoms with van der Waals surface area (Å²) in [5.74, 6) is 2.13. The van der Waals surface area contributed by atoms with Crippen molar-refractivity contribution in [1.29, 1.82) is 0 Å². The van der Waals surface area contributed by atoms with E-state index in [4.69, 9.17) is 19.6 Å². The molecule has 0 fully saturated rings. The summed E-state index contributed by atoms with van der Waals surface area (Å²) in [5, 5.41) is 8.69. The molecule has 0 saturated heterocycles. The molecule has 3 aromatic rings. The number of thioether (sulfide) groups is 1. The SMILES string of the molecule is COc1ccc(C2C3=C(CC(C)(C)CC3=O)Nc3nc(SCc4cccc(F)c4)nn32)cc1OC. The number of aromatic nitrogens is 3. The zero-order chi connectivity index (χ0) is 24.7. The molecule has 0 bridgehead atoms. The lowest BCUT2D eigenvalue weighted by Gasteiger charge is -2.38. The Morgan fingerprint density at radius 3 is 2.69 bits per heavy atom. The van der Waals surface area contributed by atoms with Crippen molar-refractivity contribution in [2.45, 2.75) is 43.6 Å². The molecule has 1 N–H and O–H groups in total. The van der Waals surface area contributed by atoms with E-state index in [1.165, 1.54) is 23.9 Å². The number of ketones is 1. The first-order valence-corrected chi connectivity index (χ1v) is 12.4. The van der Waals surface area contributed by atoms with Crippen molar-refractivity contribution in [1.82, 2.24) is 14.8 Å². The molecular weight excluding hydrogens is 467 g/mol. The fourth-order valence-corrected chi connectivity index (χ4v) is 5.53. The smallest absolute Gasteiger partial charge is 0.227 e. The van der Waals surface area contributed by atoms with Crippen LogP contribution >= 0.6 is 11.8 Å². The predicted octanol–water partition coefficient (Wildman–Crippen LogP) is 5.38. The summed E-state index contributed by atoms with van der Waals surface area (Å²) in [7, 11) is 3.18. The minimum Gasteiger partial charge on any atom is -0.493 e. The van der Waals surface area contributed by atoms with E-state index in [1.807, 2.05) is 24.3 Å². The lowest BCUT2D eigenvalue weighted by atomic mass is 9.73. The van der Waals surface area contributed by atoms with E-state index in [1.54, 1.807) is 25.0 Å². The van der Waals surface area contributed by atoms with Crippen molar-refractivity contribution in [3.8, 4) is 11.5 Å². The van der Waals surface area contributed by atoms with Crippen LogP contribution in [-0.2, 0) is 10.5 Å². The molecule has 1 unspecified atom stereocenters. The van der Waals surface area contributed by atoms with Gasteiger partial charge in [-0.2, -0.15) is 4.98 Å². The minimum absolute atomic E-state index is 0.0960. The Morgan fingerprint density at radius 1 is 1.14 bits per heavy atom. The summed E-state index contributed by atoms with van der Waals surface area (Å²) in [4.78, 5) is 18.1. The number of allylic oxidation sites excluding steroid dienone is 2. The zero-order valence-electron chi connectivity index (χ0n) is 20.1. The highest BCUT2D eigenvalue weighted by molar-refractivity contribution is 7.98. The highest BCUT2D eigenvalue weighted by Crippen LogP contribution is 2.46. The average molecular weight is 495 g/mol. The van der Waals surface area contributed by atoms with Gasteiger partial charge < -0.3 is 14.8 Å². The number of fused-ring (bicyclic) bond motifs is 1. The molecule has 1 atom stereocenters. The lowest BCUT2D eigenvalue weighted by molar-refractivity contribution is -0.118. The van der Waals surface area contributed by atoms with Crippen molar-refractivity contribution in [2.24, 2.45) is 5.41 Å². The molecule has 7 nitrogen and oxygen atoms in total. The maximum Gasteiger partial charge on any atom is 0.227 e. The minimum atomic E-state index is -0.444. The van der Waals surface area contributed by atoms with Crippen LogP contribution < -0.4 is 14.8 Å². The number of hydrogen-bond donors (Lipinski definition) is 1. The van der Waals surface area contributed by atoms with Gasteiger partial charge in [0, 0.05) is 23.4 Å². The van der Waals surface area contributed by atoms with Gasteiger partial charge in [0.1, 0.15) is 11.9 Å². The largest absolute Gasteiger partial charge is 0.493 e. The molecule has 1 aliphatic carbocycles. The summed E-state index contributed by atoms with van der Waals surface area (Å²) in [6, 6.07) is 11.7. The normalized spacial score (nSPS) is 18.5. The lowest BCUT2D eigenvalue weighted by Crippen LogP contribution is -2.36. The van der Waals surface area contributed by atoms with Gasteiger partial charge in [-0.25, -0.2) is 9.07 Å². The molecule has 0 saturated carbocycles. The number of nitrogens with zero attached hydrogens (tertiary/aromatic N) is 3. The molecule has 2 aromatic carbocycles. The molecule has 9 heteroatoms. The van der Waals surface area contributed by atoms with Crippen LogP contribution in [-0.4, -0.2) is 34.8 Å². The summed E-state index contributed by atoms with van der Waals surface area (Å²) < 4.78 is 26.3. The van der Waals surface area contributed by atoms with E-state index in [0.717, 1.165) is 23.2 Å². The van der Waals surface area contributed by atoms with Crippen molar-refractivity contribution in [2.75, 3.05) is 19.5 Å². The Labute approximate surface area is 207 Å². The van der Waals surface area contributed by atoms with Gasteiger partial charge in [-0.05, 0) is 47.2 Å². The second-order valence-electron chi connectivity index (χ2n) is 9.56. The maximum atomic E-state index is 13.6. The van der Waals surface area contributed by atoms with E-state index in [2.05, 4.69) is 19.2 Å². The maximum absolute atomic E-state index is 13.6. The van der Waals surface area contributed by atoms with Crippen LogP contribution in [0.15, 0.2) is 58.9 Å². The van der Waals surface area contributed by atoms with Crippen LogP contribution in [0.3, 0.4) is 0 Å².